The second kappa shape index (κ2) is 5.38. The third kappa shape index (κ3) is 2.23. The molecular formula is C17H25NO2. The molecule has 3 N–H and O–H groups in total. The van der Waals surface area contributed by atoms with E-state index in [1.165, 1.54) is 5.56 Å². The lowest BCUT2D eigenvalue weighted by Gasteiger charge is -2.38. The minimum atomic E-state index is -0.352. The fraction of sp³-hybridized carbons (Fsp3) is 0.647. The highest BCUT2D eigenvalue weighted by Gasteiger charge is 2.47. The van der Waals surface area contributed by atoms with Crippen molar-refractivity contribution >= 4 is 0 Å². The van der Waals surface area contributed by atoms with E-state index in [1.807, 2.05) is 12.1 Å². The van der Waals surface area contributed by atoms with Crippen molar-refractivity contribution < 1.29 is 9.84 Å². The molecule has 0 heterocycles. The molecule has 0 aliphatic heterocycles. The summed E-state index contributed by atoms with van der Waals surface area (Å²) in [4.78, 5) is 0. The maximum absolute atomic E-state index is 10.8. The van der Waals surface area contributed by atoms with E-state index in [1.54, 1.807) is 0 Å². The van der Waals surface area contributed by atoms with Crippen LogP contribution in [0.3, 0.4) is 0 Å². The third-order valence-corrected chi connectivity index (χ3v) is 5.06. The zero-order valence-electron chi connectivity index (χ0n) is 12.3. The van der Waals surface area contributed by atoms with Crippen molar-refractivity contribution in [3.63, 3.8) is 0 Å². The molecular weight excluding hydrogens is 250 g/mol. The Bertz CT molecular complexity index is 478. The predicted octanol–water partition coefficient (Wildman–Crippen LogP) is 2.95. The quantitative estimate of drug-likeness (QED) is 0.891. The SMILES string of the molecule is CCCOc1cccc2c1CC1(CCC(N)CC1)C2O. The molecule has 20 heavy (non-hydrogen) atoms. The number of fused-ring (bicyclic) bond motifs is 1. The molecule has 1 spiro atoms. The molecule has 0 bridgehead atoms. The normalized spacial score (nSPS) is 32.4. The van der Waals surface area contributed by atoms with E-state index in [0.717, 1.165) is 56.4 Å². The molecule has 1 saturated carbocycles. The van der Waals surface area contributed by atoms with Crippen LogP contribution in [0.5, 0.6) is 5.75 Å². The van der Waals surface area contributed by atoms with Crippen LogP contribution < -0.4 is 10.5 Å². The average molecular weight is 275 g/mol. The summed E-state index contributed by atoms with van der Waals surface area (Å²) in [6, 6.07) is 6.41. The maximum atomic E-state index is 10.8. The Hall–Kier alpha value is -1.06. The summed E-state index contributed by atoms with van der Waals surface area (Å²) in [7, 11) is 0. The van der Waals surface area contributed by atoms with Gasteiger partial charge in [0.25, 0.3) is 0 Å². The number of ether oxygens (including phenoxy) is 1. The van der Waals surface area contributed by atoms with Crippen LogP contribution in [0.1, 0.15) is 56.3 Å². The Balaban J connectivity index is 1.87. The van der Waals surface area contributed by atoms with Gasteiger partial charge in [0.2, 0.25) is 0 Å². The first-order valence-electron chi connectivity index (χ1n) is 7.84. The van der Waals surface area contributed by atoms with Crippen LogP contribution in [0.15, 0.2) is 18.2 Å². The number of hydrogen-bond acceptors (Lipinski definition) is 3. The molecule has 3 heteroatoms. The van der Waals surface area contributed by atoms with E-state index in [4.69, 9.17) is 10.5 Å². The van der Waals surface area contributed by atoms with Gasteiger partial charge < -0.3 is 15.6 Å². The number of benzene rings is 1. The van der Waals surface area contributed by atoms with E-state index in [2.05, 4.69) is 13.0 Å². The molecule has 0 amide bonds. The molecule has 1 unspecified atom stereocenters. The Morgan fingerprint density at radius 3 is 2.80 bits per heavy atom. The number of hydrogen-bond donors (Lipinski definition) is 2. The first-order chi connectivity index (χ1) is 9.66. The Labute approximate surface area is 121 Å². The van der Waals surface area contributed by atoms with E-state index < -0.39 is 0 Å². The molecule has 0 aromatic heterocycles. The van der Waals surface area contributed by atoms with Gasteiger partial charge in [-0.15, -0.1) is 0 Å². The van der Waals surface area contributed by atoms with Gasteiger partial charge in [0.05, 0.1) is 12.7 Å². The van der Waals surface area contributed by atoms with Gasteiger partial charge in [0.15, 0.2) is 0 Å². The molecule has 1 aromatic rings. The average Bonchev–Trinajstić information content (AvgIpc) is 2.74. The van der Waals surface area contributed by atoms with Crippen molar-refractivity contribution in [1.82, 2.24) is 0 Å². The Morgan fingerprint density at radius 1 is 1.35 bits per heavy atom. The van der Waals surface area contributed by atoms with Crippen molar-refractivity contribution in [3.8, 4) is 5.75 Å². The second-order valence-electron chi connectivity index (χ2n) is 6.45. The lowest BCUT2D eigenvalue weighted by atomic mass is 9.69. The van der Waals surface area contributed by atoms with E-state index in [9.17, 15) is 5.11 Å². The molecule has 110 valence electrons. The van der Waals surface area contributed by atoms with Gasteiger partial charge in [-0.2, -0.15) is 0 Å². The smallest absolute Gasteiger partial charge is 0.122 e. The Kier molecular flexibility index (Phi) is 3.74. The van der Waals surface area contributed by atoms with Gasteiger partial charge in [0, 0.05) is 17.0 Å². The van der Waals surface area contributed by atoms with Gasteiger partial charge >= 0.3 is 0 Å². The summed E-state index contributed by atoms with van der Waals surface area (Å²) in [5, 5.41) is 10.8. The highest BCUT2D eigenvalue weighted by Crippen LogP contribution is 2.55. The molecule has 2 aliphatic rings. The van der Waals surface area contributed by atoms with Crippen LogP contribution in [0.4, 0.5) is 0 Å². The largest absolute Gasteiger partial charge is 0.493 e. The minimum absolute atomic E-state index is 0.00385. The third-order valence-electron chi connectivity index (χ3n) is 5.06. The zero-order chi connectivity index (χ0) is 14.2. The topological polar surface area (TPSA) is 55.5 Å². The summed E-state index contributed by atoms with van der Waals surface area (Å²) in [6.45, 7) is 2.85. The number of aliphatic hydroxyl groups excluding tert-OH is 1. The van der Waals surface area contributed by atoms with Crippen LogP contribution in [-0.2, 0) is 6.42 Å². The first kappa shape index (κ1) is 13.9. The molecule has 1 fully saturated rings. The molecule has 0 saturated heterocycles. The van der Waals surface area contributed by atoms with Crippen LogP contribution >= 0.6 is 0 Å². The van der Waals surface area contributed by atoms with Crippen LogP contribution in [-0.4, -0.2) is 17.8 Å². The van der Waals surface area contributed by atoms with Crippen molar-refractivity contribution in [2.75, 3.05) is 6.61 Å². The van der Waals surface area contributed by atoms with Gasteiger partial charge in [-0.3, -0.25) is 0 Å². The molecule has 3 rings (SSSR count). The summed E-state index contributed by atoms with van der Waals surface area (Å²) >= 11 is 0. The summed E-state index contributed by atoms with van der Waals surface area (Å²) in [5.74, 6) is 0.968. The monoisotopic (exact) mass is 275 g/mol. The van der Waals surface area contributed by atoms with Crippen LogP contribution in [0.2, 0.25) is 0 Å². The van der Waals surface area contributed by atoms with Crippen molar-refractivity contribution in [3.05, 3.63) is 29.3 Å². The van der Waals surface area contributed by atoms with Crippen molar-refractivity contribution in [2.24, 2.45) is 11.1 Å². The van der Waals surface area contributed by atoms with Gasteiger partial charge in [-0.25, -0.2) is 0 Å². The number of nitrogens with two attached hydrogens (primary N) is 1. The highest BCUT2D eigenvalue weighted by atomic mass is 16.5. The molecule has 3 nitrogen and oxygen atoms in total. The van der Waals surface area contributed by atoms with E-state index in [0.29, 0.717) is 6.04 Å². The first-order valence-corrected chi connectivity index (χ1v) is 7.84. The summed E-state index contributed by atoms with van der Waals surface area (Å²) < 4.78 is 5.87. The fourth-order valence-corrected chi connectivity index (χ4v) is 3.82. The van der Waals surface area contributed by atoms with Crippen LogP contribution in [0, 0.1) is 5.41 Å². The minimum Gasteiger partial charge on any atom is -0.493 e. The molecule has 2 aliphatic carbocycles. The lowest BCUT2D eigenvalue weighted by molar-refractivity contribution is 0.00625. The maximum Gasteiger partial charge on any atom is 0.122 e. The van der Waals surface area contributed by atoms with E-state index >= 15 is 0 Å². The van der Waals surface area contributed by atoms with Crippen molar-refractivity contribution in [2.45, 2.75) is 57.6 Å². The highest BCUT2D eigenvalue weighted by molar-refractivity contribution is 5.47. The zero-order valence-corrected chi connectivity index (χ0v) is 12.3. The predicted molar refractivity (Wildman–Crippen MR) is 79.8 cm³/mol. The molecule has 1 atom stereocenters. The van der Waals surface area contributed by atoms with Gasteiger partial charge in [-0.05, 0) is 50.2 Å². The van der Waals surface area contributed by atoms with Gasteiger partial charge in [-0.1, -0.05) is 19.1 Å². The van der Waals surface area contributed by atoms with Crippen LogP contribution in [0.25, 0.3) is 0 Å². The number of aliphatic hydroxyl groups is 1. The fourth-order valence-electron chi connectivity index (χ4n) is 3.82. The second-order valence-corrected chi connectivity index (χ2v) is 6.45. The lowest BCUT2D eigenvalue weighted by Crippen LogP contribution is -2.36. The van der Waals surface area contributed by atoms with Gasteiger partial charge in [0.1, 0.15) is 5.75 Å². The summed E-state index contributed by atoms with van der Waals surface area (Å²) in [5.41, 5.74) is 8.33. The number of rotatable bonds is 3. The Morgan fingerprint density at radius 2 is 2.10 bits per heavy atom. The molecule has 0 radical (unpaired) electrons. The van der Waals surface area contributed by atoms with E-state index in [-0.39, 0.29) is 11.5 Å². The summed E-state index contributed by atoms with van der Waals surface area (Å²) in [6.07, 6.45) is 5.69. The standard InChI is InChI=1S/C17H25NO2/c1-2-10-20-15-5-3-4-13-14(15)11-17(16(13)19)8-6-12(18)7-9-17/h3-5,12,16,19H,2,6-11,18H2,1H3. The van der Waals surface area contributed by atoms with Crippen molar-refractivity contribution in [1.29, 1.82) is 0 Å². The molecule has 1 aromatic carbocycles.